The zero-order valence-electron chi connectivity index (χ0n) is 13.0. The maximum Gasteiger partial charge on any atom is 0.293 e. The Morgan fingerprint density at radius 2 is 2.04 bits per heavy atom. The van der Waals surface area contributed by atoms with Gasteiger partial charge >= 0.3 is 0 Å². The zero-order valence-corrected chi connectivity index (χ0v) is 13.8. The maximum atomic E-state index is 12.5. The lowest BCUT2D eigenvalue weighted by Crippen LogP contribution is -2.27. The van der Waals surface area contributed by atoms with Gasteiger partial charge in [0.15, 0.2) is 0 Å². The van der Waals surface area contributed by atoms with Crippen LogP contribution in [0.5, 0.6) is 0 Å². The van der Waals surface area contributed by atoms with E-state index >= 15 is 0 Å². The Morgan fingerprint density at radius 3 is 2.65 bits per heavy atom. The average molecular weight is 343 g/mol. The Balaban J connectivity index is 2.23. The molecule has 128 valence electrons. The van der Waals surface area contributed by atoms with Gasteiger partial charge in [0.25, 0.3) is 5.69 Å². The van der Waals surface area contributed by atoms with E-state index in [0.29, 0.717) is 32.8 Å². The van der Waals surface area contributed by atoms with Crippen LogP contribution in [0.25, 0.3) is 0 Å². The Morgan fingerprint density at radius 1 is 1.35 bits per heavy atom. The molecule has 8 nitrogen and oxygen atoms in total. The normalized spacial score (nSPS) is 15.7. The van der Waals surface area contributed by atoms with E-state index in [-0.39, 0.29) is 16.3 Å². The number of ether oxygens (including phenoxy) is 1. The minimum absolute atomic E-state index is 0.0403. The number of nitrogens with zero attached hydrogens (tertiary/aromatic N) is 2. The van der Waals surface area contributed by atoms with Crippen LogP contribution in [0.1, 0.15) is 19.8 Å². The predicted molar refractivity (Wildman–Crippen MR) is 86.1 cm³/mol. The molecule has 1 saturated heterocycles. The highest BCUT2D eigenvalue weighted by Gasteiger charge is 2.29. The number of anilines is 1. The molecule has 0 aliphatic carbocycles. The molecular formula is C14H21N3O5S. The summed E-state index contributed by atoms with van der Waals surface area (Å²) in [4.78, 5) is 10.6. The van der Waals surface area contributed by atoms with Crippen LogP contribution in [0.2, 0.25) is 0 Å². The molecule has 1 heterocycles. The van der Waals surface area contributed by atoms with Crippen LogP contribution in [0, 0.1) is 10.1 Å². The average Bonchev–Trinajstić information content (AvgIpc) is 3.06. The number of hydrogen-bond acceptors (Lipinski definition) is 6. The maximum absolute atomic E-state index is 12.5. The zero-order chi connectivity index (χ0) is 16.9. The van der Waals surface area contributed by atoms with E-state index in [1.54, 1.807) is 0 Å². The molecule has 0 radical (unpaired) electrons. The van der Waals surface area contributed by atoms with E-state index in [1.165, 1.54) is 16.4 Å². The van der Waals surface area contributed by atoms with Crippen LogP contribution in [0.4, 0.5) is 11.4 Å². The molecule has 2 rings (SSSR count). The monoisotopic (exact) mass is 343 g/mol. The van der Waals surface area contributed by atoms with Gasteiger partial charge in [-0.25, -0.2) is 8.42 Å². The van der Waals surface area contributed by atoms with E-state index in [9.17, 15) is 18.5 Å². The van der Waals surface area contributed by atoms with Gasteiger partial charge < -0.3 is 10.1 Å². The van der Waals surface area contributed by atoms with Gasteiger partial charge in [0.2, 0.25) is 10.0 Å². The lowest BCUT2D eigenvalue weighted by molar-refractivity contribution is -0.384. The van der Waals surface area contributed by atoms with Gasteiger partial charge in [0.05, 0.1) is 16.4 Å². The highest BCUT2D eigenvalue weighted by Crippen LogP contribution is 2.30. The molecule has 1 aromatic rings. The minimum atomic E-state index is -3.66. The Bertz CT molecular complexity index is 656. The topological polar surface area (TPSA) is 102 Å². The third kappa shape index (κ3) is 4.18. The number of hydrogen-bond donors (Lipinski definition) is 1. The first-order valence-electron chi connectivity index (χ1n) is 7.57. The van der Waals surface area contributed by atoms with E-state index in [4.69, 9.17) is 4.74 Å². The van der Waals surface area contributed by atoms with Crippen molar-refractivity contribution in [2.75, 3.05) is 38.2 Å². The summed E-state index contributed by atoms with van der Waals surface area (Å²) >= 11 is 0. The van der Waals surface area contributed by atoms with Crippen molar-refractivity contribution < 1.29 is 18.1 Å². The van der Waals surface area contributed by atoms with Crippen LogP contribution in [0.15, 0.2) is 23.1 Å². The van der Waals surface area contributed by atoms with E-state index in [0.717, 1.165) is 18.9 Å². The molecule has 1 aliphatic heterocycles. The molecule has 23 heavy (non-hydrogen) atoms. The van der Waals surface area contributed by atoms with Gasteiger partial charge in [-0.1, -0.05) is 0 Å². The molecule has 0 unspecified atom stereocenters. The number of nitrogens with one attached hydrogen (secondary N) is 1. The first kappa shape index (κ1) is 17.6. The summed E-state index contributed by atoms with van der Waals surface area (Å²) in [6, 6.07) is 3.97. The van der Waals surface area contributed by atoms with Gasteiger partial charge in [-0.3, -0.25) is 10.1 Å². The Kier molecular flexibility index (Phi) is 5.91. The Labute approximate surface area is 135 Å². The second-order valence-corrected chi connectivity index (χ2v) is 7.11. The lowest BCUT2D eigenvalue weighted by Gasteiger charge is -2.16. The van der Waals surface area contributed by atoms with Gasteiger partial charge in [-0.05, 0) is 31.9 Å². The van der Waals surface area contributed by atoms with E-state index < -0.39 is 14.9 Å². The largest absolute Gasteiger partial charge is 0.380 e. The van der Waals surface area contributed by atoms with Crippen molar-refractivity contribution >= 4 is 21.4 Å². The van der Waals surface area contributed by atoms with Crippen molar-refractivity contribution in [2.45, 2.75) is 24.7 Å². The summed E-state index contributed by atoms with van der Waals surface area (Å²) in [5, 5.41) is 14.1. The van der Waals surface area contributed by atoms with Gasteiger partial charge in [-0.15, -0.1) is 0 Å². The SMILES string of the molecule is CCOCCNc1ccc(S(=O)(=O)N2CCCC2)cc1[N+](=O)[O-]. The van der Waals surface area contributed by atoms with Crippen LogP contribution >= 0.6 is 0 Å². The molecule has 1 aromatic carbocycles. The van der Waals surface area contributed by atoms with Gasteiger partial charge in [0.1, 0.15) is 5.69 Å². The molecule has 0 bridgehead atoms. The third-order valence-electron chi connectivity index (χ3n) is 3.63. The molecular weight excluding hydrogens is 322 g/mol. The summed E-state index contributed by atoms with van der Waals surface area (Å²) in [6.07, 6.45) is 1.64. The smallest absolute Gasteiger partial charge is 0.293 e. The fraction of sp³-hybridized carbons (Fsp3) is 0.571. The van der Waals surface area contributed by atoms with E-state index in [2.05, 4.69) is 5.32 Å². The van der Waals surface area contributed by atoms with Crippen LogP contribution in [-0.4, -0.2) is 50.5 Å². The van der Waals surface area contributed by atoms with E-state index in [1.807, 2.05) is 6.92 Å². The summed E-state index contributed by atoms with van der Waals surface area (Å²) in [5.74, 6) is 0. The van der Waals surface area contributed by atoms with Crippen molar-refractivity contribution in [3.8, 4) is 0 Å². The molecule has 0 spiro atoms. The van der Waals surface area contributed by atoms with Crippen LogP contribution < -0.4 is 5.32 Å². The summed E-state index contributed by atoms with van der Waals surface area (Å²) in [7, 11) is -3.66. The minimum Gasteiger partial charge on any atom is -0.380 e. The first-order valence-corrected chi connectivity index (χ1v) is 9.01. The summed E-state index contributed by atoms with van der Waals surface area (Å²) < 4.78 is 31.5. The fourth-order valence-corrected chi connectivity index (χ4v) is 3.99. The highest BCUT2D eigenvalue weighted by atomic mass is 32.2. The number of nitro groups is 1. The third-order valence-corrected chi connectivity index (χ3v) is 5.53. The van der Waals surface area contributed by atoms with Crippen molar-refractivity contribution in [3.05, 3.63) is 28.3 Å². The van der Waals surface area contributed by atoms with Crippen molar-refractivity contribution in [3.63, 3.8) is 0 Å². The molecule has 9 heteroatoms. The summed E-state index contributed by atoms with van der Waals surface area (Å²) in [6.45, 7) is 4.18. The second kappa shape index (κ2) is 7.71. The lowest BCUT2D eigenvalue weighted by atomic mass is 10.2. The van der Waals surface area contributed by atoms with Crippen molar-refractivity contribution in [1.82, 2.24) is 4.31 Å². The van der Waals surface area contributed by atoms with Crippen molar-refractivity contribution in [2.24, 2.45) is 0 Å². The second-order valence-electron chi connectivity index (χ2n) is 5.17. The number of nitro benzene ring substituents is 1. The predicted octanol–water partition coefficient (Wildman–Crippen LogP) is 1.83. The fourth-order valence-electron chi connectivity index (χ4n) is 2.45. The first-order chi connectivity index (χ1) is 11.0. The molecule has 0 atom stereocenters. The molecule has 1 aliphatic rings. The number of sulfonamides is 1. The Hall–Kier alpha value is -1.71. The van der Waals surface area contributed by atoms with Crippen LogP contribution in [0.3, 0.4) is 0 Å². The van der Waals surface area contributed by atoms with Crippen molar-refractivity contribution in [1.29, 1.82) is 0 Å². The van der Waals surface area contributed by atoms with Crippen LogP contribution in [-0.2, 0) is 14.8 Å². The standard InChI is InChI=1S/C14H21N3O5S/c1-2-22-10-7-15-13-6-5-12(11-14(13)17(18)19)23(20,21)16-8-3-4-9-16/h5-6,11,15H,2-4,7-10H2,1H3. The highest BCUT2D eigenvalue weighted by molar-refractivity contribution is 7.89. The molecule has 1 N–H and O–H groups in total. The van der Waals surface area contributed by atoms with Gasteiger partial charge in [0, 0.05) is 32.3 Å². The number of rotatable bonds is 8. The summed E-state index contributed by atoms with van der Waals surface area (Å²) in [5.41, 5.74) is 0.0387. The molecule has 1 fully saturated rings. The van der Waals surface area contributed by atoms with Gasteiger partial charge in [-0.2, -0.15) is 4.31 Å². The molecule has 0 amide bonds. The molecule has 0 saturated carbocycles. The molecule has 0 aromatic heterocycles. The number of benzene rings is 1. The quantitative estimate of drug-likeness (QED) is 0.439.